The minimum atomic E-state index is -0.00844. The van der Waals surface area contributed by atoms with Crippen LogP contribution >= 0.6 is 11.3 Å². The van der Waals surface area contributed by atoms with Crippen LogP contribution < -0.4 is 0 Å². The van der Waals surface area contributed by atoms with Crippen molar-refractivity contribution in [2.24, 2.45) is 0 Å². The zero-order valence-corrected chi connectivity index (χ0v) is 13.2. The molecule has 0 aliphatic heterocycles. The van der Waals surface area contributed by atoms with Gasteiger partial charge in [-0.3, -0.25) is 4.79 Å². The van der Waals surface area contributed by atoms with Gasteiger partial charge in [-0.25, -0.2) is 9.67 Å². The van der Waals surface area contributed by atoms with Crippen molar-refractivity contribution in [3.05, 3.63) is 41.7 Å². The number of hydrogen-bond acceptors (Lipinski definition) is 5. The molecule has 0 saturated heterocycles. The Morgan fingerprint density at radius 2 is 2.24 bits per heavy atom. The fourth-order valence-corrected chi connectivity index (χ4v) is 2.57. The maximum absolute atomic E-state index is 12.0. The zero-order chi connectivity index (χ0) is 15.2. The van der Waals surface area contributed by atoms with Crippen LogP contribution in [0.15, 0.2) is 36.8 Å². The molecule has 2 rings (SSSR count). The molecule has 6 nitrogen and oxygen atoms in total. The molecule has 0 spiro atoms. The highest BCUT2D eigenvalue weighted by molar-refractivity contribution is 7.14. The van der Waals surface area contributed by atoms with Gasteiger partial charge in [0, 0.05) is 43.1 Å². The highest BCUT2D eigenvalue weighted by atomic mass is 32.1. The fourth-order valence-electron chi connectivity index (χ4n) is 1.66. The lowest BCUT2D eigenvalue weighted by Crippen LogP contribution is -2.24. The second-order valence-electron chi connectivity index (χ2n) is 4.92. The normalized spacial score (nSPS) is 11.4. The Bertz CT molecular complexity index is 603. The number of aromatic nitrogens is 3. The molecule has 2 heterocycles. The number of likely N-dealkylation sites (N-methyl/N-ethyl adjacent to an activating group) is 2. The van der Waals surface area contributed by atoms with Crippen molar-refractivity contribution in [1.82, 2.24) is 24.6 Å². The summed E-state index contributed by atoms with van der Waals surface area (Å²) in [5, 5.41) is 4.94. The van der Waals surface area contributed by atoms with Gasteiger partial charge in [-0.05, 0) is 20.2 Å². The Balaban J connectivity index is 1.92. The Hall–Kier alpha value is -1.99. The zero-order valence-electron chi connectivity index (χ0n) is 12.4. The number of rotatable bonds is 6. The fraction of sp³-hybridized carbons (Fsp3) is 0.357. The molecule has 2 aromatic rings. The van der Waals surface area contributed by atoms with Gasteiger partial charge in [-0.2, -0.15) is 5.10 Å². The van der Waals surface area contributed by atoms with Crippen LogP contribution in [0.4, 0.5) is 0 Å². The lowest BCUT2D eigenvalue weighted by atomic mass is 10.4. The maximum Gasteiger partial charge on any atom is 0.246 e. The molecule has 112 valence electrons. The Labute approximate surface area is 128 Å². The highest BCUT2D eigenvalue weighted by Crippen LogP contribution is 2.17. The van der Waals surface area contributed by atoms with E-state index in [0.717, 1.165) is 16.6 Å². The molecule has 0 radical (unpaired) electrons. The van der Waals surface area contributed by atoms with Gasteiger partial charge in [0.15, 0.2) is 0 Å². The molecule has 1 amide bonds. The van der Waals surface area contributed by atoms with Crippen LogP contribution in [-0.2, 0) is 11.3 Å². The van der Waals surface area contributed by atoms with Crippen molar-refractivity contribution in [3.8, 4) is 5.13 Å². The van der Waals surface area contributed by atoms with E-state index in [9.17, 15) is 4.79 Å². The Morgan fingerprint density at radius 3 is 2.90 bits per heavy atom. The van der Waals surface area contributed by atoms with Gasteiger partial charge in [0.1, 0.15) is 0 Å². The lowest BCUT2D eigenvalue weighted by Gasteiger charge is -2.13. The van der Waals surface area contributed by atoms with Crippen LogP contribution in [-0.4, -0.2) is 58.2 Å². The van der Waals surface area contributed by atoms with Gasteiger partial charge in [0.05, 0.1) is 6.54 Å². The van der Waals surface area contributed by atoms with Crippen LogP contribution in [0.25, 0.3) is 5.13 Å². The topological polar surface area (TPSA) is 54.3 Å². The van der Waals surface area contributed by atoms with Gasteiger partial charge in [0.2, 0.25) is 11.0 Å². The molecule has 0 saturated carbocycles. The van der Waals surface area contributed by atoms with E-state index in [1.807, 2.05) is 37.3 Å². The quantitative estimate of drug-likeness (QED) is 0.757. The van der Waals surface area contributed by atoms with Crippen molar-refractivity contribution in [2.75, 3.05) is 27.7 Å². The van der Waals surface area contributed by atoms with Crippen LogP contribution in [0.2, 0.25) is 0 Å². The summed E-state index contributed by atoms with van der Waals surface area (Å²) >= 11 is 1.53. The summed E-state index contributed by atoms with van der Waals surface area (Å²) in [6.07, 6.45) is 8.82. The number of carbonyl (C=O) groups excluding carboxylic acids is 1. The Kier molecular flexibility index (Phi) is 5.24. The third-order valence-electron chi connectivity index (χ3n) is 2.74. The lowest BCUT2D eigenvalue weighted by molar-refractivity contribution is -0.125. The maximum atomic E-state index is 12.0. The summed E-state index contributed by atoms with van der Waals surface area (Å²) in [6, 6.07) is 1.85. The van der Waals surface area contributed by atoms with Crippen molar-refractivity contribution in [3.63, 3.8) is 0 Å². The van der Waals surface area contributed by atoms with E-state index < -0.39 is 0 Å². The van der Waals surface area contributed by atoms with Crippen LogP contribution in [0, 0.1) is 0 Å². The van der Waals surface area contributed by atoms with Crippen LogP contribution in [0.5, 0.6) is 0 Å². The van der Waals surface area contributed by atoms with Crippen LogP contribution in [0.1, 0.15) is 4.88 Å². The first-order valence-electron chi connectivity index (χ1n) is 6.57. The second-order valence-corrected chi connectivity index (χ2v) is 6.01. The summed E-state index contributed by atoms with van der Waals surface area (Å²) in [7, 11) is 5.72. The molecule has 0 aliphatic carbocycles. The summed E-state index contributed by atoms with van der Waals surface area (Å²) < 4.78 is 1.72. The smallest absolute Gasteiger partial charge is 0.246 e. The molecule has 0 aromatic carbocycles. The number of hydrogen-bond donors (Lipinski definition) is 0. The third-order valence-corrected chi connectivity index (χ3v) is 3.71. The largest absolute Gasteiger partial charge is 0.337 e. The summed E-state index contributed by atoms with van der Waals surface area (Å²) in [6.45, 7) is 1.30. The van der Waals surface area contributed by atoms with Crippen molar-refractivity contribution in [1.29, 1.82) is 0 Å². The molecule has 0 atom stereocenters. The predicted molar refractivity (Wildman–Crippen MR) is 83.4 cm³/mol. The van der Waals surface area contributed by atoms with E-state index in [2.05, 4.69) is 10.1 Å². The second kappa shape index (κ2) is 7.14. The molecule has 0 unspecified atom stereocenters. The minimum Gasteiger partial charge on any atom is -0.337 e. The minimum absolute atomic E-state index is 0.00844. The average Bonchev–Trinajstić information content (AvgIpc) is 3.07. The van der Waals surface area contributed by atoms with E-state index in [1.165, 1.54) is 11.3 Å². The monoisotopic (exact) mass is 305 g/mol. The van der Waals surface area contributed by atoms with Gasteiger partial charge >= 0.3 is 0 Å². The SMILES string of the molecule is CN(C)C/C=C/C(=O)N(C)Cc1cnc(-n2cccn2)s1. The number of carbonyl (C=O) groups is 1. The third kappa shape index (κ3) is 4.51. The summed E-state index contributed by atoms with van der Waals surface area (Å²) in [4.78, 5) is 21.0. The van der Waals surface area contributed by atoms with Gasteiger partial charge in [0.25, 0.3) is 0 Å². The van der Waals surface area contributed by atoms with Crippen LogP contribution in [0.3, 0.4) is 0 Å². The van der Waals surface area contributed by atoms with Crippen molar-refractivity contribution in [2.45, 2.75) is 6.54 Å². The van der Waals surface area contributed by atoms with E-state index in [-0.39, 0.29) is 5.91 Å². The first-order valence-corrected chi connectivity index (χ1v) is 7.39. The predicted octanol–water partition coefficient (Wildman–Crippen LogP) is 1.40. The highest BCUT2D eigenvalue weighted by Gasteiger charge is 2.09. The summed E-state index contributed by atoms with van der Waals surface area (Å²) in [5.41, 5.74) is 0. The molecular formula is C14H19N5OS. The first kappa shape index (κ1) is 15.4. The number of amides is 1. The molecule has 21 heavy (non-hydrogen) atoms. The van der Waals surface area contributed by atoms with E-state index >= 15 is 0 Å². The molecule has 0 N–H and O–H groups in total. The number of thiazole rings is 1. The molecule has 0 aliphatic rings. The summed E-state index contributed by atoms with van der Waals surface area (Å²) in [5.74, 6) is -0.00844. The molecule has 0 bridgehead atoms. The standard InChI is InChI=1S/C14H19N5OS/c1-17(2)8-4-6-13(20)18(3)11-12-10-15-14(21-12)19-9-5-7-16-19/h4-7,9-10H,8,11H2,1-3H3/b6-4+. The van der Waals surface area contributed by atoms with Gasteiger partial charge in [-0.1, -0.05) is 17.4 Å². The van der Waals surface area contributed by atoms with E-state index in [0.29, 0.717) is 6.54 Å². The Morgan fingerprint density at radius 1 is 1.43 bits per heavy atom. The average molecular weight is 305 g/mol. The molecule has 0 fully saturated rings. The molecule has 7 heteroatoms. The molecule has 2 aromatic heterocycles. The number of nitrogens with zero attached hydrogens (tertiary/aromatic N) is 5. The van der Waals surface area contributed by atoms with E-state index in [1.54, 1.807) is 35.1 Å². The van der Waals surface area contributed by atoms with Crippen molar-refractivity contribution < 1.29 is 4.79 Å². The molecular weight excluding hydrogens is 286 g/mol. The van der Waals surface area contributed by atoms with Gasteiger partial charge < -0.3 is 9.80 Å². The first-order chi connectivity index (χ1) is 10.1. The van der Waals surface area contributed by atoms with Gasteiger partial charge in [-0.15, -0.1) is 0 Å². The van der Waals surface area contributed by atoms with E-state index in [4.69, 9.17) is 0 Å². The van der Waals surface area contributed by atoms with Crippen molar-refractivity contribution >= 4 is 17.2 Å².